The van der Waals surface area contributed by atoms with Gasteiger partial charge in [-0.3, -0.25) is 4.79 Å². The van der Waals surface area contributed by atoms with E-state index in [-0.39, 0.29) is 19.7 Å². The summed E-state index contributed by atoms with van der Waals surface area (Å²) in [6.07, 6.45) is -4.80. The van der Waals surface area contributed by atoms with Crippen molar-refractivity contribution in [3.8, 4) is 5.75 Å². The van der Waals surface area contributed by atoms with Gasteiger partial charge in [-0.2, -0.15) is 0 Å². The van der Waals surface area contributed by atoms with Crippen molar-refractivity contribution in [3.63, 3.8) is 0 Å². The molecule has 1 amide bonds. The van der Waals surface area contributed by atoms with Crippen LogP contribution >= 0.6 is 11.3 Å². The average molecular weight is 427 g/mol. The molecule has 28 heavy (non-hydrogen) atoms. The number of carbonyl (C=O) groups excluding carboxylic acids is 1. The maximum Gasteiger partial charge on any atom is 0.573 e. The molecule has 0 saturated heterocycles. The number of sulfone groups is 1. The number of hydrogen-bond donors (Lipinski definition) is 1. The molecule has 146 valence electrons. The number of thiophene rings is 1. The van der Waals surface area contributed by atoms with E-state index in [0.29, 0.717) is 0 Å². The van der Waals surface area contributed by atoms with Crippen LogP contribution in [0.2, 0.25) is 0 Å². The summed E-state index contributed by atoms with van der Waals surface area (Å²) in [4.78, 5) is 12.6. The number of anilines is 1. The summed E-state index contributed by atoms with van der Waals surface area (Å²) in [5.41, 5.74) is 0.236. The number of carbonyl (C=O) groups is 1. The Balaban J connectivity index is 1.73. The van der Waals surface area contributed by atoms with E-state index in [9.17, 15) is 26.4 Å². The lowest BCUT2D eigenvalue weighted by molar-refractivity contribution is -0.274. The van der Waals surface area contributed by atoms with Crippen LogP contribution in [-0.4, -0.2) is 20.7 Å². The van der Waals surface area contributed by atoms with Crippen LogP contribution < -0.4 is 10.1 Å². The number of benzene rings is 2. The Labute approximate surface area is 162 Å². The third-order valence-electron chi connectivity index (χ3n) is 3.47. The largest absolute Gasteiger partial charge is 0.573 e. The van der Waals surface area contributed by atoms with Gasteiger partial charge in [0.15, 0.2) is 0 Å². The highest BCUT2D eigenvalue weighted by Gasteiger charge is 2.31. The van der Waals surface area contributed by atoms with E-state index < -0.39 is 27.9 Å². The van der Waals surface area contributed by atoms with Crippen molar-refractivity contribution in [3.05, 3.63) is 71.6 Å². The van der Waals surface area contributed by atoms with E-state index in [4.69, 9.17) is 0 Å². The molecule has 0 aliphatic heterocycles. The van der Waals surface area contributed by atoms with Gasteiger partial charge in [0.25, 0.3) is 5.91 Å². The maximum atomic E-state index is 12.6. The van der Waals surface area contributed by atoms with Gasteiger partial charge in [0.2, 0.25) is 9.84 Å². The molecular formula is C18H12F3NO4S2. The molecule has 0 saturated carbocycles. The molecule has 5 nitrogen and oxygen atoms in total. The molecule has 0 fully saturated rings. The summed E-state index contributed by atoms with van der Waals surface area (Å²) in [6, 6.07) is 15.1. The molecule has 0 radical (unpaired) electrons. The standard InChI is InChI=1S/C18H12F3NO4S2/c19-18(20,21)26-13-8-6-12(7-9-13)22-17(23)15-10-11-16(27-15)28(24,25)14-4-2-1-3-5-14/h1-11H,(H,22,23). The molecule has 1 aromatic heterocycles. The molecular weight excluding hydrogens is 415 g/mol. The van der Waals surface area contributed by atoms with Crippen molar-refractivity contribution in [1.29, 1.82) is 0 Å². The van der Waals surface area contributed by atoms with E-state index in [2.05, 4.69) is 10.1 Å². The number of amides is 1. The third-order valence-corrected chi connectivity index (χ3v) is 6.81. The van der Waals surface area contributed by atoms with E-state index >= 15 is 0 Å². The fraction of sp³-hybridized carbons (Fsp3) is 0.0556. The highest BCUT2D eigenvalue weighted by molar-refractivity contribution is 7.93. The Morgan fingerprint density at radius 3 is 2.18 bits per heavy atom. The summed E-state index contributed by atoms with van der Waals surface area (Å²) in [5, 5.41) is 2.49. The lowest BCUT2D eigenvalue weighted by atomic mass is 10.3. The Kier molecular flexibility index (Phi) is 5.43. The Morgan fingerprint density at radius 1 is 0.929 bits per heavy atom. The van der Waals surface area contributed by atoms with Crippen LogP contribution in [0.5, 0.6) is 5.75 Å². The van der Waals surface area contributed by atoms with Gasteiger partial charge in [-0.1, -0.05) is 18.2 Å². The topological polar surface area (TPSA) is 72.5 Å². The van der Waals surface area contributed by atoms with Gasteiger partial charge in [0.1, 0.15) is 9.96 Å². The molecule has 0 aliphatic carbocycles. The lowest BCUT2D eigenvalue weighted by Gasteiger charge is -2.09. The van der Waals surface area contributed by atoms with E-state index in [1.807, 2.05) is 0 Å². The highest BCUT2D eigenvalue weighted by atomic mass is 32.2. The molecule has 3 aromatic rings. The number of halogens is 3. The molecule has 0 spiro atoms. The molecule has 0 unspecified atom stereocenters. The van der Waals surface area contributed by atoms with E-state index in [1.165, 1.54) is 36.4 Å². The van der Waals surface area contributed by atoms with Gasteiger partial charge in [-0.05, 0) is 48.5 Å². The van der Waals surface area contributed by atoms with Crippen molar-refractivity contribution in [2.45, 2.75) is 15.5 Å². The minimum absolute atomic E-state index is 0.0118. The SMILES string of the molecule is O=C(Nc1ccc(OC(F)(F)F)cc1)c1ccc(S(=O)(=O)c2ccccc2)s1. The van der Waals surface area contributed by atoms with Crippen LogP contribution in [0.3, 0.4) is 0 Å². The first-order valence-corrected chi connectivity index (χ1v) is 10.0. The van der Waals surface area contributed by atoms with Crippen molar-refractivity contribution in [2.75, 3.05) is 5.32 Å². The molecule has 0 atom stereocenters. The molecule has 2 aromatic carbocycles. The predicted molar refractivity (Wildman–Crippen MR) is 97.3 cm³/mol. The maximum absolute atomic E-state index is 12.6. The van der Waals surface area contributed by atoms with Gasteiger partial charge in [-0.25, -0.2) is 8.42 Å². The van der Waals surface area contributed by atoms with Crippen molar-refractivity contribution < 1.29 is 31.1 Å². The highest BCUT2D eigenvalue weighted by Crippen LogP contribution is 2.29. The van der Waals surface area contributed by atoms with Crippen LogP contribution in [0, 0.1) is 0 Å². The van der Waals surface area contributed by atoms with Gasteiger partial charge >= 0.3 is 6.36 Å². The lowest BCUT2D eigenvalue weighted by Crippen LogP contribution is -2.17. The Hall–Kier alpha value is -2.85. The first kappa shape index (κ1) is 19.9. The van der Waals surface area contributed by atoms with Crippen LogP contribution in [0.25, 0.3) is 0 Å². The summed E-state index contributed by atoms with van der Waals surface area (Å²) >= 11 is 0.800. The molecule has 0 bridgehead atoms. The normalized spacial score (nSPS) is 11.8. The van der Waals surface area contributed by atoms with Gasteiger partial charge < -0.3 is 10.1 Å². The zero-order valence-corrected chi connectivity index (χ0v) is 15.6. The van der Waals surface area contributed by atoms with Crippen molar-refractivity contribution >= 4 is 32.8 Å². The molecule has 10 heteroatoms. The second kappa shape index (κ2) is 7.64. The van der Waals surface area contributed by atoms with Crippen LogP contribution in [0.1, 0.15) is 9.67 Å². The number of hydrogen-bond acceptors (Lipinski definition) is 5. The summed E-state index contributed by atoms with van der Waals surface area (Å²) in [5.74, 6) is -0.998. The average Bonchev–Trinajstić information content (AvgIpc) is 3.14. The molecule has 1 heterocycles. The van der Waals surface area contributed by atoms with Crippen LogP contribution in [0.4, 0.5) is 18.9 Å². The monoisotopic (exact) mass is 427 g/mol. The van der Waals surface area contributed by atoms with E-state index in [0.717, 1.165) is 23.5 Å². The minimum atomic E-state index is -4.80. The number of alkyl halides is 3. The van der Waals surface area contributed by atoms with Gasteiger partial charge in [0, 0.05) is 5.69 Å². The molecule has 3 rings (SSSR count). The minimum Gasteiger partial charge on any atom is -0.406 e. The second-order valence-electron chi connectivity index (χ2n) is 5.46. The second-order valence-corrected chi connectivity index (χ2v) is 8.72. The van der Waals surface area contributed by atoms with Gasteiger partial charge in [0.05, 0.1) is 9.77 Å². The van der Waals surface area contributed by atoms with E-state index in [1.54, 1.807) is 18.2 Å². The third kappa shape index (κ3) is 4.70. The Bertz CT molecular complexity index is 1080. The predicted octanol–water partition coefficient (Wildman–Crippen LogP) is 4.73. The summed E-state index contributed by atoms with van der Waals surface area (Å²) in [7, 11) is -3.73. The fourth-order valence-corrected chi connectivity index (χ4v) is 4.86. The van der Waals surface area contributed by atoms with Crippen molar-refractivity contribution in [1.82, 2.24) is 0 Å². The van der Waals surface area contributed by atoms with Crippen molar-refractivity contribution in [2.24, 2.45) is 0 Å². The van der Waals surface area contributed by atoms with Crippen LogP contribution in [-0.2, 0) is 9.84 Å². The fourth-order valence-electron chi connectivity index (χ4n) is 2.24. The Morgan fingerprint density at radius 2 is 1.57 bits per heavy atom. The molecule has 1 N–H and O–H groups in total. The zero-order valence-electron chi connectivity index (χ0n) is 13.9. The summed E-state index contributed by atoms with van der Waals surface area (Å²) in [6.45, 7) is 0. The number of ether oxygens (including phenoxy) is 1. The smallest absolute Gasteiger partial charge is 0.406 e. The summed E-state index contributed by atoms with van der Waals surface area (Å²) < 4.78 is 65.3. The molecule has 0 aliphatic rings. The van der Waals surface area contributed by atoms with Crippen LogP contribution in [0.15, 0.2) is 75.8 Å². The van der Waals surface area contributed by atoms with Gasteiger partial charge in [-0.15, -0.1) is 24.5 Å². The number of nitrogens with one attached hydrogen (secondary N) is 1. The number of rotatable bonds is 5. The first-order valence-electron chi connectivity index (χ1n) is 7.72. The first-order chi connectivity index (χ1) is 13.1. The zero-order chi connectivity index (χ0) is 20.4. The quantitative estimate of drug-likeness (QED) is 0.639.